The van der Waals surface area contributed by atoms with Crippen LogP contribution in [0.5, 0.6) is 0 Å². The number of thioether (sulfide) groups is 1. The van der Waals surface area contributed by atoms with Gasteiger partial charge in [-0.1, -0.05) is 11.2 Å². The lowest BCUT2D eigenvalue weighted by Gasteiger charge is -2.04. The van der Waals surface area contributed by atoms with Gasteiger partial charge in [0.05, 0.1) is 0 Å². The second-order valence-corrected chi connectivity index (χ2v) is 5.04. The number of aromatic nitrogens is 2. The van der Waals surface area contributed by atoms with Crippen LogP contribution in [0.2, 0.25) is 0 Å². The Balaban J connectivity index is 1.87. The van der Waals surface area contributed by atoms with Gasteiger partial charge in [0.15, 0.2) is 0 Å². The van der Waals surface area contributed by atoms with Crippen molar-refractivity contribution < 1.29 is 9.32 Å². The summed E-state index contributed by atoms with van der Waals surface area (Å²) < 4.78 is 5.17. The number of carbonyl (C=O) groups is 1. The van der Waals surface area contributed by atoms with E-state index in [4.69, 9.17) is 4.52 Å². The first-order valence-electron chi connectivity index (χ1n) is 6.00. The van der Waals surface area contributed by atoms with Gasteiger partial charge >= 0.3 is 0 Å². The molecule has 1 amide bonds. The fourth-order valence-corrected chi connectivity index (χ4v) is 2.25. The van der Waals surface area contributed by atoms with E-state index in [2.05, 4.69) is 15.1 Å². The number of nitrogens with zero attached hydrogens (tertiary/aromatic N) is 3. The van der Waals surface area contributed by atoms with Crippen LogP contribution in [0, 0.1) is 0 Å². The van der Waals surface area contributed by atoms with Gasteiger partial charge in [0, 0.05) is 16.7 Å². The summed E-state index contributed by atoms with van der Waals surface area (Å²) in [5, 5.41) is 3.92. The number of hydrogen-bond acceptors (Lipinski definition) is 5. The molecule has 6 heteroatoms. The van der Waals surface area contributed by atoms with E-state index in [1.54, 1.807) is 23.9 Å². The summed E-state index contributed by atoms with van der Waals surface area (Å²) in [5.41, 5.74) is 0.855. The van der Waals surface area contributed by atoms with Crippen LogP contribution in [0.15, 0.2) is 50.8 Å². The number of aliphatic imine (C=N–C) groups is 1. The molecule has 0 aliphatic carbocycles. The number of benzene rings is 1. The molecule has 1 unspecified atom stereocenters. The maximum atomic E-state index is 11.6. The van der Waals surface area contributed by atoms with Crippen LogP contribution in [0.1, 0.15) is 11.8 Å². The van der Waals surface area contributed by atoms with Crippen molar-refractivity contribution in [3.8, 4) is 11.4 Å². The zero-order valence-electron chi connectivity index (χ0n) is 10.7. The molecule has 1 atom stereocenters. The van der Waals surface area contributed by atoms with Gasteiger partial charge in [0.1, 0.15) is 5.92 Å². The van der Waals surface area contributed by atoms with Crippen LogP contribution in [0.3, 0.4) is 0 Å². The molecule has 1 aliphatic rings. The van der Waals surface area contributed by atoms with Crippen LogP contribution in [0.4, 0.5) is 0 Å². The molecule has 20 heavy (non-hydrogen) atoms. The third kappa shape index (κ3) is 2.42. The van der Waals surface area contributed by atoms with Gasteiger partial charge in [-0.2, -0.15) is 4.98 Å². The first-order chi connectivity index (χ1) is 9.78. The lowest BCUT2D eigenvalue weighted by Crippen LogP contribution is -2.11. The van der Waals surface area contributed by atoms with Gasteiger partial charge in [0.2, 0.25) is 11.7 Å². The average Bonchev–Trinajstić information content (AvgIpc) is 2.97. The van der Waals surface area contributed by atoms with Gasteiger partial charge in [-0.25, -0.2) is 4.99 Å². The van der Waals surface area contributed by atoms with Crippen molar-refractivity contribution in [1.82, 2.24) is 10.1 Å². The molecule has 3 rings (SSSR count). The van der Waals surface area contributed by atoms with Crippen molar-refractivity contribution in [2.45, 2.75) is 10.8 Å². The first kappa shape index (κ1) is 12.8. The topological polar surface area (TPSA) is 68.3 Å². The van der Waals surface area contributed by atoms with E-state index in [9.17, 15) is 4.79 Å². The lowest BCUT2D eigenvalue weighted by molar-refractivity contribution is -0.118. The minimum absolute atomic E-state index is 0.270. The SMILES string of the molecule is CSc1ccc(-c2noc(C3C=CC=NC3=O)n2)cc1. The predicted molar refractivity (Wildman–Crippen MR) is 76.9 cm³/mol. The van der Waals surface area contributed by atoms with E-state index in [-0.39, 0.29) is 11.8 Å². The molecule has 1 aromatic carbocycles. The molecular formula is C14H11N3O2S. The highest BCUT2D eigenvalue weighted by Crippen LogP contribution is 2.24. The second-order valence-electron chi connectivity index (χ2n) is 4.16. The van der Waals surface area contributed by atoms with Gasteiger partial charge < -0.3 is 4.52 Å². The van der Waals surface area contributed by atoms with E-state index >= 15 is 0 Å². The van der Waals surface area contributed by atoms with Crippen molar-refractivity contribution in [1.29, 1.82) is 0 Å². The minimum atomic E-state index is -0.577. The molecule has 0 radical (unpaired) electrons. The molecule has 5 nitrogen and oxygen atoms in total. The molecule has 1 aromatic heterocycles. The number of carbonyl (C=O) groups excluding carboxylic acids is 1. The number of dihydropyridines is 1. The third-order valence-corrected chi connectivity index (χ3v) is 3.66. The van der Waals surface area contributed by atoms with Crippen molar-refractivity contribution in [2.75, 3.05) is 6.26 Å². The third-order valence-electron chi connectivity index (χ3n) is 2.91. The number of allylic oxidation sites excluding steroid dienone is 1. The summed E-state index contributed by atoms with van der Waals surface area (Å²) >= 11 is 1.67. The Kier molecular flexibility index (Phi) is 3.47. The summed E-state index contributed by atoms with van der Waals surface area (Å²) in [4.78, 5) is 20.8. The fraction of sp³-hybridized carbons (Fsp3) is 0.143. The molecule has 0 bridgehead atoms. The predicted octanol–water partition coefficient (Wildman–Crippen LogP) is 2.71. The highest BCUT2D eigenvalue weighted by molar-refractivity contribution is 7.98. The van der Waals surface area contributed by atoms with Crippen molar-refractivity contribution >= 4 is 23.9 Å². The molecular weight excluding hydrogens is 274 g/mol. The average molecular weight is 285 g/mol. The monoisotopic (exact) mass is 285 g/mol. The molecule has 0 saturated carbocycles. The van der Waals surface area contributed by atoms with Gasteiger partial charge in [-0.15, -0.1) is 11.8 Å². The Hall–Kier alpha value is -2.21. The number of amides is 1. The van der Waals surface area contributed by atoms with Crippen LogP contribution in [0.25, 0.3) is 11.4 Å². The van der Waals surface area contributed by atoms with E-state index in [0.29, 0.717) is 5.82 Å². The highest BCUT2D eigenvalue weighted by atomic mass is 32.2. The summed E-state index contributed by atoms with van der Waals surface area (Å²) in [6.45, 7) is 0. The van der Waals surface area contributed by atoms with Crippen LogP contribution >= 0.6 is 11.8 Å². The summed E-state index contributed by atoms with van der Waals surface area (Å²) in [5.74, 6) is -0.123. The maximum absolute atomic E-state index is 11.6. The first-order valence-corrected chi connectivity index (χ1v) is 7.23. The molecule has 0 saturated heterocycles. The number of hydrogen-bond donors (Lipinski definition) is 0. The minimum Gasteiger partial charge on any atom is -0.338 e. The summed E-state index contributed by atoms with van der Waals surface area (Å²) in [6, 6.07) is 7.84. The summed E-state index contributed by atoms with van der Waals surface area (Å²) in [7, 11) is 0. The molecule has 2 aromatic rings. The standard InChI is InChI=1S/C14H11N3O2S/c1-20-10-6-4-9(5-7-10)12-16-14(19-17-12)11-3-2-8-15-13(11)18/h2-8,11H,1H3. The van der Waals surface area contributed by atoms with Gasteiger partial charge in [-0.3, -0.25) is 4.79 Å². The van der Waals surface area contributed by atoms with E-state index in [1.807, 2.05) is 30.5 Å². The fourth-order valence-electron chi connectivity index (χ4n) is 1.85. The van der Waals surface area contributed by atoms with Gasteiger partial charge in [-0.05, 0) is 36.6 Å². The largest absolute Gasteiger partial charge is 0.338 e. The summed E-state index contributed by atoms with van der Waals surface area (Å²) in [6.07, 6.45) is 6.87. The van der Waals surface area contributed by atoms with Crippen LogP contribution in [-0.4, -0.2) is 28.5 Å². The molecule has 0 N–H and O–H groups in total. The van der Waals surface area contributed by atoms with Crippen LogP contribution < -0.4 is 0 Å². The molecule has 1 aliphatic heterocycles. The Labute approximate surface area is 119 Å². The quantitative estimate of drug-likeness (QED) is 0.811. The van der Waals surface area contributed by atoms with E-state index in [0.717, 1.165) is 10.5 Å². The Bertz CT molecular complexity index is 689. The van der Waals surface area contributed by atoms with Crippen molar-refractivity contribution in [3.63, 3.8) is 0 Å². The normalized spacial score (nSPS) is 17.6. The zero-order chi connectivity index (χ0) is 13.9. The molecule has 2 heterocycles. The number of rotatable bonds is 3. The Morgan fingerprint density at radius 1 is 1.25 bits per heavy atom. The van der Waals surface area contributed by atoms with Crippen LogP contribution in [-0.2, 0) is 4.79 Å². The molecule has 0 fully saturated rings. The second kappa shape index (κ2) is 5.42. The zero-order valence-corrected chi connectivity index (χ0v) is 11.5. The van der Waals surface area contributed by atoms with Gasteiger partial charge in [0.25, 0.3) is 5.91 Å². The maximum Gasteiger partial charge on any atom is 0.262 e. The highest BCUT2D eigenvalue weighted by Gasteiger charge is 2.25. The Morgan fingerprint density at radius 2 is 2.05 bits per heavy atom. The molecule has 0 spiro atoms. The van der Waals surface area contributed by atoms with E-state index < -0.39 is 5.92 Å². The van der Waals surface area contributed by atoms with E-state index in [1.165, 1.54) is 6.21 Å². The Morgan fingerprint density at radius 3 is 2.75 bits per heavy atom. The van der Waals surface area contributed by atoms with Crippen molar-refractivity contribution in [3.05, 3.63) is 42.3 Å². The lowest BCUT2D eigenvalue weighted by atomic mass is 10.1. The smallest absolute Gasteiger partial charge is 0.262 e. The molecule has 100 valence electrons. The van der Waals surface area contributed by atoms with Crippen molar-refractivity contribution in [2.24, 2.45) is 4.99 Å².